The number of aliphatic hydroxyl groups excluding tert-OH is 1. The van der Waals surface area contributed by atoms with Crippen molar-refractivity contribution in [3.8, 4) is 0 Å². The first kappa shape index (κ1) is 10.9. The maximum Gasteiger partial charge on any atom is 0.269 e. The Hall–Kier alpha value is -0.120. The van der Waals surface area contributed by atoms with Crippen LogP contribution in [0.25, 0.3) is 0 Å². The Morgan fingerprint density at radius 1 is 1.09 bits per heavy atom. The predicted molar refractivity (Wildman–Crippen MR) is 43.1 cm³/mol. The first-order chi connectivity index (χ1) is 5.31. The molecule has 0 spiro atoms. The van der Waals surface area contributed by atoms with Crippen molar-refractivity contribution in [2.24, 2.45) is 0 Å². The summed E-state index contributed by atoms with van der Waals surface area (Å²) in [5.41, 5.74) is 0. The van der Waals surface area contributed by atoms with E-state index in [0.29, 0.717) is 13.2 Å². The first-order valence-corrected chi connectivity index (χ1v) is 4.22. The molecule has 0 radical (unpaired) electrons. The average molecular weight is 162 g/mol. The Labute approximate surface area is 68.3 Å². The van der Waals surface area contributed by atoms with E-state index >= 15 is 0 Å². The molecule has 0 aromatic rings. The molecule has 68 valence electrons. The molecule has 11 heavy (non-hydrogen) atoms. The third-order valence-electron chi connectivity index (χ3n) is 1.22. The van der Waals surface area contributed by atoms with Crippen LogP contribution in [0.1, 0.15) is 33.1 Å². The van der Waals surface area contributed by atoms with Crippen LogP contribution in [0.4, 0.5) is 0 Å². The molecule has 3 nitrogen and oxygen atoms in total. The zero-order valence-electron chi connectivity index (χ0n) is 7.38. The maximum atomic E-state index is 8.96. The van der Waals surface area contributed by atoms with Gasteiger partial charge in [-0.15, -0.1) is 0 Å². The van der Waals surface area contributed by atoms with E-state index in [1.165, 1.54) is 0 Å². The van der Waals surface area contributed by atoms with E-state index in [1.54, 1.807) is 0 Å². The van der Waals surface area contributed by atoms with Crippen LogP contribution < -0.4 is 0 Å². The zero-order valence-corrected chi connectivity index (χ0v) is 7.38. The summed E-state index contributed by atoms with van der Waals surface area (Å²) in [7, 11) is 0. The molecule has 0 saturated carbocycles. The molecule has 3 heteroatoms. The summed E-state index contributed by atoms with van der Waals surface area (Å²) < 4.78 is 9.79. The number of hydrogen-bond donors (Lipinski definition) is 1. The summed E-state index contributed by atoms with van der Waals surface area (Å²) in [6.45, 7) is 4.15. The number of aliphatic hydroxyl groups is 1. The second-order valence-electron chi connectivity index (χ2n) is 2.40. The second kappa shape index (κ2) is 7.98. The Kier molecular flexibility index (Phi) is 7.89. The SMILES string of the molecule is CCCCOC(O)OCCC. The summed E-state index contributed by atoms with van der Waals surface area (Å²) in [6.07, 6.45) is 2.93. The standard InChI is InChI=1S/C8H18O3/c1-3-5-7-11-8(9)10-6-4-2/h8-9H,3-7H2,1-2H3. The van der Waals surface area contributed by atoms with Crippen LogP contribution in [-0.2, 0) is 9.47 Å². The Morgan fingerprint density at radius 3 is 2.27 bits per heavy atom. The van der Waals surface area contributed by atoms with Gasteiger partial charge in [0.2, 0.25) is 0 Å². The van der Waals surface area contributed by atoms with Crippen molar-refractivity contribution >= 4 is 0 Å². The van der Waals surface area contributed by atoms with Crippen LogP contribution in [0.3, 0.4) is 0 Å². The largest absolute Gasteiger partial charge is 0.346 e. The minimum Gasteiger partial charge on any atom is -0.346 e. The molecule has 0 fully saturated rings. The van der Waals surface area contributed by atoms with E-state index in [1.807, 2.05) is 6.92 Å². The highest BCUT2D eigenvalue weighted by Gasteiger charge is 2.00. The van der Waals surface area contributed by atoms with Crippen molar-refractivity contribution in [2.45, 2.75) is 39.6 Å². The highest BCUT2D eigenvalue weighted by molar-refractivity contribution is 4.31. The lowest BCUT2D eigenvalue weighted by Gasteiger charge is -2.11. The van der Waals surface area contributed by atoms with Crippen LogP contribution in [0.5, 0.6) is 0 Å². The molecule has 0 aromatic carbocycles. The molecule has 1 unspecified atom stereocenters. The molecule has 0 amide bonds. The van der Waals surface area contributed by atoms with Crippen LogP contribution in [0.15, 0.2) is 0 Å². The lowest BCUT2D eigenvalue weighted by Crippen LogP contribution is -2.17. The van der Waals surface area contributed by atoms with Gasteiger partial charge in [-0.05, 0) is 12.8 Å². The van der Waals surface area contributed by atoms with E-state index in [4.69, 9.17) is 14.6 Å². The molecular formula is C8H18O3. The molecule has 0 aliphatic heterocycles. The quantitative estimate of drug-likeness (QED) is 0.455. The van der Waals surface area contributed by atoms with Crippen molar-refractivity contribution in [1.82, 2.24) is 0 Å². The van der Waals surface area contributed by atoms with Gasteiger partial charge in [0, 0.05) is 0 Å². The van der Waals surface area contributed by atoms with Crippen molar-refractivity contribution in [1.29, 1.82) is 0 Å². The van der Waals surface area contributed by atoms with E-state index < -0.39 is 6.48 Å². The fourth-order valence-corrected chi connectivity index (χ4v) is 0.595. The Bertz CT molecular complexity index is 75.7. The smallest absolute Gasteiger partial charge is 0.269 e. The summed E-state index contributed by atoms with van der Waals surface area (Å²) >= 11 is 0. The van der Waals surface area contributed by atoms with Crippen molar-refractivity contribution < 1.29 is 14.6 Å². The minimum absolute atomic E-state index is 0.549. The van der Waals surface area contributed by atoms with Gasteiger partial charge in [0.1, 0.15) is 0 Å². The number of ether oxygens (including phenoxy) is 2. The summed E-state index contributed by atoms with van der Waals surface area (Å²) in [5, 5.41) is 8.96. The van der Waals surface area contributed by atoms with E-state index in [2.05, 4.69) is 6.92 Å². The molecule has 0 bridgehead atoms. The third-order valence-corrected chi connectivity index (χ3v) is 1.22. The summed E-state index contributed by atoms with van der Waals surface area (Å²) in [6, 6.07) is 0. The van der Waals surface area contributed by atoms with Gasteiger partial charge in [-0.25, -0.2) is 0 Å². The van der Waals surface area contributed by atoms with Gasteiger partial charge in [-0.1, -0.05) is 20.3 Å². The van der Waals surface area contributed by atoms with Crippen molar-refractivity contribution in [3.05, 3.63) is 0 Å². The van der Waals surface area contributed by atoms with Gasteiger partial charge < -0.3 is 14.6 Å². The molecule has 0 rings (SSSR count). The van der Waals surface area contributed by atoms with Gasteiger partial charge in [-0.3, -0.25) is 0 Å². The van der Waals surface area contributed by atoms with Crippen LogP contribution >= 0.6 is 0 Å². The summed E-state index contributed by atoms with van der Waals surface area (Å²) in [5.74, 6) is 0. The first-order valence-electron chi connectivity index (χ1n) is 4.22. The molecule has 0 saturated heterocycles. The Balaban J connectivity index is 3.02. The zero-order chi connectivity index (χ0) is 8.53. The molecule has 1 atom stereocenters. The highest BCUT2D eigenvalue weighted by atomic mass is 16.8. The van der Waals surface area contributed by atoms with E-state index in [0.717, 1.165) is 19.3 Å². The minimum atomic E-state index is -1.03. The fourth-order valence-electron chi connectivity index (χ4n) is 0.595. The molecule has 1 N–H and O–H groups in total. The monoisotopic (exact) mass is 162 g/mol. The lowest BCUT2D eigenvalue weighted by molar-refractivity contribution is -0.263. The number of unbranched alkanes of at least 4 members (excludes halogenated alkanes) is 1. The topological polar surface area (TPSA) is 38.7 Å². The average Bonchev–Trinajstić information content (AvgIpc) is 2.01. The Morgan fingerprint density at radius 2 is 1.73 bits per heavy atom. The van der Waals surface area contributed by atoms with E-state index in [9.17, 15) is 0 Å². The van der Waals surface area contributed by atoms with Gasteiger partial charge in [0.25, 0.3) is 6.48 Å². The highest BCUT2D eigenvalue weighted by Crippen LogP contribution is 1.94. The van der Waals surface area contributed by atoms with Gasteiger partial charge in [-0.2, -0.15) is 0 Å². The van der Waals surface area contributed by atoms with Crippen LogP contribution in [-0.4, -0.2) is 24.8 Å². The van der Waals surface area contributed by atoms with Crippen LogP contribution in [0.2, 0.25) is 0 Å². The lowest BCUT2D eigenvalue weighted by atomic mass is 10.4. The third kappa shape index (κ3) is 7.78. The van der Waals surface area contributed by atoms with Crippen molar-refractivity contribution in [3.63, 3.8) is 0 Å². The molecule has 0 aliphatic rings. The number of rotatable bonds is 7. The van der Waals surface area contributed by atoms with Gasteiger partial charge in [0.05, 0.1) is 13.2 Å². The van der Waals surface area contributed by atoms with Gasteiger partial charge >= 0.3 is 0 Å². The molecule has 0 heterocycles. The predicted octanol–water partition coefficient (Wildman–Crippen LogP) is 1.51. The normalized spacial score (nSPS) is 13.4. The molecule has 0 aromatic heterocycles. The number of hydrogen-bond acceptors (Lipinski definition) is 3. The summed E-state index contributed by atoms with van der Waals surface area (Å²) in [4.78, 5) is 0. The molecule has 0 aliphatic carbocycles. The van der Waals surface area contributed by atoms with E-state index in [-0.39, 0.29) is 0 Å². The van der Waals surface area contributed by atoms with Gasteiger partial charge in [0.15, 0.2) is 0 Å². The maximum absolute atomic E-state index is 8.96. The van der Waals surface area contributed by atoms with Crippen LogP contribution in [0, 0.1) is 0 Å². The fraction of sp³-hybridized carbons (Fsp3) is 1.00. The van der Waals surface area contributed by atoms with Crippen molar-refractivity contribution in [2.75, 3.05) is 13.2 Å². The second-order valence-corrected chi connectivity index (χ2v) is 2.40. The molecular weight excluding hydrogens is 144 g/mol.